The van der Waals surface area contributed by atoms with Crippen LogP contribution in [-0.4, -0.2) is 72.3 Å². The maximum absolute atomic E-state index is 13.4. The number of sulfonamides is 1. The fourth-order valence-corrected chi connectivity index (χ4v) is 5.85. The Bertz CT molecular complexity index is 817. The standard InChI is InChI=1S/C20H30ClN3O4S/c1-20(2,18(14-25)22-19(26)23-10-3-11-23)29(27,28)24-12-8-16(9-13-24)15-4-6-17(21)7-5-15/h4-7,16,18,25H,3,8-14H2,1-2H3,(H,22,26)/t18-/m1/s1. The van der Waals surface area contributed by atoms with Gasteiger partial charge in [-0.2, -0.15) is 0 Å². The second-order valence-corrected chi connectivity index (χ2v) is 11.3. The maximum atomic E-state index is 13.4. The van der Waals surface area contributed by atoms with Crippen molar-refractivity contribution in [2.75, 3.05) is 32.8 Å². The van der Waals surface area contributed by atoms with E-state index in [1.54, 1.807) is 18.7 Å². The molecule has 0 spiro atoms. The normalized spacial score (nSPS) is 20.2. The van der Waals surface area contributed by atoms with E-state index >= 15 is 0 Å². The van der Waals surface area contributed by atoms with Crippen LogP contribution in [0, 0.1) is 0 Å². The zero-order valence-corrected chi connectivity index (χ0v) is 18.5. The lowest BCUT2D eigenvalue weighted by atomic mass is 9.90. The van der Waals surface area contributed by atoms with Crippen LogP contribution >= 0.6 is 11.6 Å². The highest BCUT2D eigenvalue weighted by molar-refractivity contribution is 7.90. The van der Waals surface area contributed by atoms with Crippen molar-refractivity contribution in [2.24, 2.45) is 0 Å². The molecule has 162 valence electrons. The van der Waals surface area contributed by atoms with Crippen molar-refractivity contribution in [3.05, 3.63) is 34.9 Å². The van der Waals surface area contributed by atoms with Gasteiger partial charge >= 0.3 is 6.03 Å². The smallest absolute Gasteiger partial charge is 0.317 e. The molecule has 2 saturated heterocycles. The van der Waals surface area contributed by atoms with Crippen LogP contribution < -0.4 is 5.32 Å². The number of carbonyl (C=O) groups is 1. The van der Waals surface area contributed by atoms with Crippen molar-refractivity contribution < 1.29 is 18.3 Å². The van der Waals surface area contributed by atoms with Crippen LogP contribution in [0.15, 0.2) is 24.3 Å². The molecule has 0 aromatic heterocycles. The fraction of sp³-hybridized carbons (Fsp3) is 0.650. The molecule has 0 bridgehead atoms. The van der Waals surface area contributed by atoms with Gasteiger partial charge in [0.25, 0.3) is 0 Å². The molecular weight excluding hydrogens is 414 g/mol. The number of amides is 2. The Morgan fingerprint density at radius 1 is 1.21 bits per heavy atom. The van der Waals surface area contributed by atoms with E-state index in [2.05, 4.69) is 5.32 Å². The van der Waals surface area contributed by atoms with Gasteiger partial charge in [0.15, 0.2) is 0 Å². The molecule has 2 aliphatic rings. The number of nitrogens with one attached hydrogen (secondary N) is 1. The number of nitrogens with zero attached hydrogens (tertiary/aromatic N) is 2. The molecule has 7 nitrogen and oxygen atoms in total. The molecule has 29 heavy (non-hydrogen) atoms. The summed E-state index contributed by atoms with van der Waals surface area (Å²) < 4.78 is 26.9. The first-order valence-corrected chi connectivity index (χ1v) is 11.9. The Morgan fingerprint density at radius 3 is 2.28 bits per heavy atom. The highest BCUT2D eigenvalue weighted by Gasteiger charge is 2.47. The lowest BCUT2D eigenvalue weighted by Crippen LogP contribution is -2.62. The van der Waals surface area contributed by atoms with Crippen molar-refractivity contribution in [2.45, 2.75) is 49.8 Å². The van der Waals surface area contributed by atoms with E-state index in [0.717, 1.165) is 19.3 Å². The third-order valence-corrected chi connectivity index (χ3v) is 9.17. The fourth-order valence-electron chi connectivity index (χ4n) is 3.88. The average Bonchev–Trinajstić information content (AvgIpc) is 2.65. The molecule has 0 unspecified atom stereocenters. The molecule has 0 radical (unpaired) electrons. The van der Waals surface area contributed by atoms with Gasteiger partial charge in [-0.3, -0.25) is 0 Å². The monoisotopic (exact) mass is 443 g/mol. The van der Waals surface area contributed by atoms with Gasteiger partial charge < -0.3 is 15.3 Å². The van der Waals surface area contributed by atoms with E-state index < -0.39 is 27.4 Å². The van der Waals surface area contributed by atoms with Gasteiger partial charge in [-0.15, -0.1) is 0 Å². The summed E-state index contributed by atoms with van der Waals surface area (Å²) in [6.45, 7) is 4.86. The summed E-state index contributed by atoms with van der Waals surface area (Å²) in [7, 11) is -3.73. The summed E-state index contributed by atoms with van der Waals surface area (Å²) in [5.74, 6) is 0.293. The Kier molecular flexibility index (Phi) is 6.77. The molecule has 1 aromatic carbocycles. The third kappa shape index (κ3) is 4.55. The highest BCUT2D eigenvalue weighted by Crippen LogP contribution is 2.33. The number of halogens is 1. The summed E-state index contributed by atoms with van der Waals surface area (Å²) in [6, 6.07) is 6.50. The zero-order chi connectivity index (χ0) is 21.2. The average molecular weight is 444 g/mol. The van der Waals surface area contributed by atoms with Gasteiger partial charge in [0, 0.05) is 31.2 Å². The molecule has 3 rings (SSSR count). The second kappa shape index (κ2) is 8.79. The minimum Gasteiger partial charge on any atom is -0.394 e. The summed E-state index contributed by atoms with van der Waals surface area (Å²) in [6.07, 6.45) is 2.39. The molecule has 2 heterocycles. The van der Waals surface area contributed by atoms with E-state index in [0.29, 0.717) is 37.1 Å². The van der Waals surface area contributed by atoms with E-state index in [4.69, 9.17) is 11.6 Å². The van der Waals surface area contributed by atoms with E-state index in [1.807, 2.05) is 24.3 Å². The van der Waals surface area contributed by atoms with E-state index in [9.17, 15) is 18.3 Å². The van der Waals surface area contributed by atoms with Crippen LogP contribution in [0.2, 0.25) is 5.02 Å². The van der Waals surface area contributed by atoms with Gasteiger partial charge in [0.05, 0.1) is 12.6 Å². The molecule has 2 aliphatic heterocycles. The predicted molar refractivity (Wildman–Crippen MR) is 114 cm³/mol. The quantitative estimate of drug-likeness (QED) is 0.706. The highest BCUT2D eigenvalue weighted by atomic mass is 35.5. The SMILES string of the molecule is CC(C)([C@@H](CO)NC(=O)N1CCC1)S(=O)(=O)N1CCC(c2ccc(Cl)cc2)CC1. The topological polar surface area (TPSA) is 90.0 Å². The van der Waals surface area contributed by atoms with Gasteiger partial charge in [0.2, 0.25) is 10.0 Å². The zero-order valence-electron chi connectivity index (χ0n) is 17.0. The van der Waals surface area contributed by atoms with Crippen molar-refractivity contribution in [1.82, 2.24) is 14.5 Å². The summed E-state index contributed by atoms with van der Waals surface area (Å²) in [5, 5.41) is 13.2. The first kappa shape index (κ1) is 22.3. The number of hydrogen-bond acceptors (Lipinski definition) is 4. The second-order valence-electron chi connectivity index (χ2n) is 8.36. The maximum Gasteiger partial charge on any atom is 0.317 e. The Morgan fingerprint density at radius 2 is 1.79 bits per heavy atom. The number of likely N-dealkylation sites (tertiary alicyclic amines) is 1. The van der Waals surface area contributed by atoms with Crippen molar-refractivity contribution in [3.63, 3.8) is 0 Å². The molecule has 2 N–H and O–H groups in total. The summed E-state index contributed by atoms with van der Waals surface area (Å²) in [5.41, 5.74) is 1.17. The lowest BCUT2D eigenvalue weighted by Gasteiger charge is -2.41. The van der Waals surface area contributed by atoms with Gasteiger partial charge in [0.1, 0.15) is 4.75 Å². The molecule has 2 amide bonds. The van der Waals surface area contributed by atoms with Crippen LogP contribution in [0.3, 0.4) is 0 Å². The minimum atomic E-state index is -3.73. The summed E-state index contributed by atoms with van der Waals surface area (Å²) >= 11 is 5.95. The van der Waals surface area contributed by atoms with Gasteiger partial charge in [-0.1, -0.05) is 23.7 Å². The number of hydrogen-bond donors (Lipinski definition) is 2. The third-order valence-electron chi connectivity index (χ3n) is 6.26. The number of benzene rings is 1. The number of aliphatic hydroxyl groups is 1. The molecule has 1 atom stereocenters. The first-order valence-electron chi connectivity index (χ1n) is 10.1. The molecule has 9 heteroatoms. The van der Waals surface area contributed by atoms with Crippen LogP contribution in [0.5, 0.6) is 0 Å². The van der Waals surface area contributed by atoms with E-state index in [1.165, 1.54) is 9.87 Å². The lowest BCUT2D eigenvalue weighted by molar-refractivity contribution is 0.150. The van der Waals surface area contributed by atoms with Crippen LogP contribution in [0.25, 0.3) is 0 Å². The van der Waals surface area contributed by atoms with Crippen molar-refractivity contribution in [3.8, 4) is 0 Å². The van der Waals surface area contributed by atoms with Crippen LogP contribution in [0.1, 0.15) is 44.6 Å². The largest absolute Gasteiger partial charge is 0.394 e. The summed E-state index contributed by atoms with van der Waals surface area (Å²) in [4.78, 5) is 13.9. The van der Waals surface area contributed by atoms with Gasteiger partial charge in [-0.05, 0) is 56.7 Å². The Labute approximate surface area is 178 Å². The Balaban J connectivity index is 1.66. The Hall–Kier alpha value is -1.35. The predicted octanol–water partition coefficient (Wildman–Crippen LogP) is 2.40. The molecule has 2 fully saturated rings. The van der Waals surface area contributed by atoms with Crippen molar-refractivity contribution in [1.29, 1.82) is 0 Å². The molecule has 0 saturated carbocycles. The molecule has 1 aromatic rings. The minimum absolute atomic E-state index is 0.293. The number of aliphatic hydroxyl groups excluding tert-OH is 1. The molecular formula is C20H30ClN3O4S. The van der Waals surface area contributed by atoms with Gasteiger partial charge in [-0.25, -0.2) is 17.5 Å². The van der Waals surface area contributed by atoms with Crippen LogP contribution in [-0.2, 0) is 10.0 Å². The van der Waals surface area contributed by atoms with Crippen molar-refractivity contribution >= 4 is 27.7 Å². The first-order chi connectivity index (χ1) is 13.7. The number of carbonyl (C=O) groups excluding carboxylic acids is 1. The van der Waals surface area contributed by atoms with E-state index in [-0.39, 0.29) is 6.03 Å². The molecule has 0 aliphatic carbocycles. The number of urea groups is 1. The number of rotatable bonds is 6. The number of piperidine rings is 1. The van der Waals surface area contributed by atoms with Crippen LogP contribution in [0.4, 0.5) is 4.79 Å².